The summed E-state index contributed by atoms with van der Waals surface area (Å²) in [6, 6.07) is 2.05. The van der Waals surface area contributed by atoms with Gasteiger partial charge < -0.3 is 10.5 Å². The summed E-state index contributed by atoms with van der Waals surface area (Å²) in [5.74, 6) is 0.322. The van der Waals surface area contributed by atoms with Crippen LogP contribution in [0.25, 0.3) is 0 Å². The second-order valence-electron chi connectivity index (χ2n) is 3.74. The van der Waals surface area contributed by atoms with Crippen molar-refractivity contribution in [2.45, 2.75) is 11.6 Å². The van der Waals surface area contributed by atoms with Gasteiger partial charge in [-0.05, 0) is 22.4 Å². The average molecular weight is 295 g/mol. The van der Waals surface area contributed by atoms with Gasteiger partial charge in [0.1, 0.15) is 5.82 Å². The molecule has 0 saturated heterocycles. The number of ether oxygens (including phenoxy) is 1. The molecule has 2 heterocycles. The maximum Gasteiger partial charge on any atom is 0.316 e. The van der Waals surface area contributed by atoms with Crippen LogP contribution in [0.15, 0.2) is 28.2 Å². The van der Waals surface area contributed by atoms with E-state index in [0.717, 1.165) is 12.0 Å². The number of nitrogens with two attached hydrogens (primary N) is 1. The largest absolute Gasteiger partial charge is 0.468 e. The van der Waals surface area contributed by atoms with Crippen LogP contribution in [-0.2, 0) is 16.0 Å². The Morgan fingerprint density at radius 3 is 3.05 bits per heavy atom. The summed E-state index contributed by atoms with van der Waals surface area (Å²) in [4.78, 5) is 19.4. The summed E-state index contributed by atoms with van der Waals surface area (Å²) >= 11 is 2.85. The molecule has 0 aliphatic carbocycles. The molecule has 19 heavy (non-hydrogen) atoms. The Labute approximate surface area is 119 Å². The van der Waals surface area contributed by atoms with E-state index in [1.807, 2.05) is 11.4 Å². The minimum Gasteiger partial charge on any atom is -0.468 e. The number of nitrogen functional groups attached to an aromatic ring is 1. The van der Waals surface area contributed by atoms with Crippen molar-refractivity contribution in [2.75, 3.05) is 18.6 Å². The number of carbonyl (C=O) groups is 1. The third-order valence-corrected chi connectivity index (χ3v) is 3.96. The van der Waals surface area contributed by atoms with Crippen LogP contribution >= 0.6 is 23.1 Å². The lowest BCUT2D eigenvalue weighted by Gasteiger charge is -2.05. The number of thiophene rings is 1. The molecule has 2 aromatic rings. The molecular formula is C12H13N3O2S2. The summed E-state index contributed by atoms with van der Waals surface area (Å²) in [6.45, 7) is 0. The van der Waals surface area contributed by atoms with Crippen LogP contribution in [0.1, 0.15) is 11.1 Å². The number of rotatable bonds is 5. The van der Waals surface area contributed by atoms with Crippen molar-refractivity contribution in [1.82, 2.24) is 9.97 Å². The summed E-state index contributed by atoms with van der Waals surface area (Å²) in [6.07, 6.45) is 2.43. The molecule has 5 nitrogen and oxygen atoms in total. The SMILES string of the molecule is COC(=O)CSc1ncc(Cc2ccsc2)c(N)n1. The summed E-state index contributed by atoms with van der Waals surface area (Å²) in [7, 11) is 1.35. The molecule has 0 spiro atoms. The zero-order valence-corrected chi connectivity index (χ0v) is 12.0. The van der Waals surface area contributed by atoms with Gasteiger partial charge in [-0.1, -0.05) is 11.8 Å². The minimum absolute atomic E-state index is 0.180. The van der Waals surface area contributed by atoms with Gasteiger partial charge in [-0.15, -0.1) is 0 Å². The van der Waals surface area contributed by atoms with Crippen LogP contribution in [0.3, 0.4) is 0 Å². The van der Waals surface area contributed by atoms with Crippen molar-refractivity contribution in [1.29, 1.82) is 0 Å². The number of anilines is 1. The van der Waals surface area contributed by atoms with E-state index in [1.165, 1.54) is 24.4 Å². The molecule has 0 fully saturated rings. The second kappa shape index (κ2) is 6.53. The first-order valence-electron chi connectivity index (χ1n) is 5.51. The van der Waals surface area contributed by atoms with Crippen LogP contribution in [0.4, 0.5) is 5.82 Å². The maximum atomic E-state index is 11.0. The Bertz CT molecular complexity index is 558. The fraction of sp³-hybridized carbons (Fsp3) is 0.250. The van der Waals surface area contributed by atoms with Crippen molar-refractivity contribution >= 4 is 34.9 Å². The molecule has 0 radical (unpaired) electrons. The quantitative estimate of drug-likeness (QED) is 0.516. The van der Waals surface area contributed by atoms with Gasteiger partial charge in [-0.25, -0.2) is 9.97 Å². The van der Waals surface area contributed by atoms with E-state index >= 15 is 0 Å². The Kier molecular flexibility index (Phi) is 4.75. The van der Waals surface area contributed by atoms with Gasteiger partial charge in [-0.3, -0.25) is 4.79 Å². The highest BCUT2D eigenvalue weighted by Gasteiger charge is 2.08. The highest BCUT2D eigenvalue weighted by molar-refractivity contribution is 7.99. The number of esters is 1. The highest BCUT2D eigenvalue weighted by Crippen LogP contribution is 2.19. The molecule has 0 bridgehead atoms. The molecule has 2 N–H and O–H groups in total. The molecule has 0 saturated carbocycles. The van der Waals surface area contributed by atoms with Crippen LogP contribution < -0.4 is 5.73 Å². The van der Waals surface area contributed by atoms with Crippen molar-refractivity contribution < 1.29 is 9.53 Å². The van der Waals surface area contributed by atoms with E-state index in [4.69, 9.17) is 5.73 Å². The topological polar surface area (TPSA) is 78.1 Å². The normalized spacial score (nSPS) is 10.4. The molecule has 0 amide bonds. The first kappa shape index (κ1) is 13.8. The standard InChI is InChI=1S/C12H13N3O2S2/c1-17-10(16)7-19-12-14-5-9(11(13)15-12)4-8-2-3-18-6-8/h2-3,5-6H,4,7H2,1H3,(H2,13,14,15). The molecule has 0 unspecified atom stereocenters. The van der Waals surface area contributed by atoms with Crippen molar-refractivity contribution in [3.63, 3.8) is 0 Å². The van der Waals surface area contributed by atoms with Gasteiger partial charge in [0.15, 0.2) is 5.16 Å². The molecule has 2 aromatic heterocycles. The molecule has 0 aromatic carbocycles. The lowest BCUT2D eigenvalue weighted by atomic mass is 10.1. The third kappa shape index (κ3) is 3.93. The number of nitrogens with zero attached hydrogens (tertiary/aromatic N) is 2. The molecule has 2 rings (SSSR count). The molecule has 0 aliphatic rings. The van der Waals surface area contributed by atoms with Crippen molar-refractivity contribution in [3.8, 4) is 0 Å². The smallest absolute Gasteiger partial charge is 0.316 e. The van der Waals surface area contributed by atoms with Crippen molar-refractivity contribution in [3.05, 3.63) is 34.2 Å². The Morgan fingerprint density at radius 2 is 2.42 bits per heavy atom. The zero-order valence-electron chi connectivity index (χ0n) is 10.3. The molecule has 7 heteroatoms. The number of hydrogen-bond donors (Lipinski definition) is 1. The van der Waals surface area contributed by atoms with E-state index in [-0.39, 0.29) is 11.7 Å². The Hall–Kier alpha value is -1.60. The van der Waals surface area contributed by atoms with E-state index in [1.54, 1.807) is 17.5 Å². The number of carbonyl (C=O) groups excluding carboxylic acids is 1. The minimum atomic E-state index is -0.311. The number of aromatic nitrogens is 2. The van der Waals surface area contributed by atoms with Crippen LogP contribution in [0.2, 0.25) is 0 Å². The van der Waals surface area contributed by atoms with Crippen LogP contribution in [0, 0.1) is 0 Å². The fourth-order valence-corrected chi connectivity index (χ4v) is 2.73. The molecule has 100 valence electrons. The van der Waals surface area contributed by atoms with Crippen LogP contribution in [0.5, 0.6) is 0 Å². The zero-order chi connectivity index (χ0) is 13.7. The lowest BCUT2D eigenvalue weighted by Crippen LogP contribution is -2.05. The summed E-state index contributed by atoms with van der Waals surface area (Å²) < 4.78 is 4.55. The van der Waals surface area contributed by atoms with Gasteiger partial charge in [0.2, 0.25) is 0 Å². The van der Waals surface area contributed by atoms with E-state index in [2.05, 4.69) is 20.1 Å². The van der Waals surface area contributed by atoms with Crippen LogP contribution in [-0.4, -0.2) is 28.8 Å². The Morgan fingerprint density at radius 1 is 1.58 bits per heavy atom. The summed E-state index contributed by atoms with van der Waals surface area (Å²) in [5, 5.41) is 4.57. The van der Waals surface area contributed by atoms with E-state index in [0.29, 0.717) is 11.0 Å². The molecule has 0 atom stereocenters. The van der Waals surface area contributed by atoms with E-state index < -0.39 is 0 Å². The monoisotopic (exact) mass is 295 g/mol. The fourth-order valence-electron chi connectivity index (χ4n) is 1.40. The molecule has 0 aliphatic heterocycles. The van der Waals surface area contributed by atoms with Gasteiger partial charge in [0.05, 0.1) is 12.9 Å². The van der Waals surface area contributed by atoms with Crippen molar-refractivity contribution in [2.24, 2.45) is 0 Å². The predicted molar refractivity (Wildman–Crippen MR) is 76.3 cm³/mol. The number of methoxy groups -OCH3 is 1. The van der Waals surface area contributed by atoms with E-state index in [9.17, 15) is 4.79 Å². The van der Waals surface area contributed by atoms with Gasteiger partial charge in [-0.2, -0.15) is 11.3 Å². The second-order valence-corrected chi connectivity index (χ2v) is 5.46. The lowest BCUT2D eigenvalue weighted by molar-refractivity contribution is -0.137. The van der Waals surface area contributed by atoms with Gasteiger partial charge >= 0.3 is 5.97 Å². The number of hydrogen-bond acceptors (Lipinski definition) is 7. The first-order chi connectivity index (χ1) is 9.19. The number of thioether (sulfide) groups is 1. The highest BCUT2D eigenvalue weighted by atomic mass is 32.2. The average Bonchev–Trinajstić information content (AvgIpc) is 2.91. The first-order valence-corrected chi connectivity index (χ1v) is 7.44. The third-order valence-electron chi connectivity index (χ3n) is 2.40. The summed E-state index contributed by atoms with van der Waals surface area (Å²) in [5.41, 5.74) is 7.98. The van der Waals surface area contributed by atoms with Gasteiger partial charge in [0, 0.05) is 18.2 Å². The Balaban J connectivity index is 2.02. The van der Waals surface area contributed by atoms with Gasteiger partial charge in [0.25, 0.3) is 0 Å². The maximum absolute atomic E-state index is 11.0. The predicted octanol–water partition coefficient (Wildman–Crippen LogP) is 1.98. The molecular weight excluding hydrogens is 282 g/mol.